The van der Waals surface area contributed by atoms with E-state index in [1.165, 1.54) is 11.1 Å². The van der Waals surface area contributed by atoms with Crippen LogP contribution in [0.4, 0.5) is 0 Å². The number of rotatable bonds is 10. The van der Waals surface area contributed by atoms with Crippen LogP contribution in [-0.4, -0.2) is 31.6 Å². The zero-order valence-corrected chi connectivity index (χ0v) is 24.5. The number of halogens is 1. The summed E-state index contributed by atoms with van der Waals surface area (Å²) in [5, 5.41) is 5.03. The molecule has 5 nitrogen and oxygen atoms in total. The number of aromatic nitrogens is 2. The Bertz CT molecular complexity index is 1380. The van der Waals surface area contributed by atoms with Gasteiger partial charge < -0.3 is 14.2 Å². The van der Waals surface area contributed by atoms with Crippen LogP contribution < -0.4 is 9.47 Å². The molecule has 3 aromatic carbocycles. The lowest BCUT2D eigenvalue weighted by Gasteiger charge is -2.16. The fourth-order valence-electron chi connectivity index (χ4n) is 4.60. The normalized spacial score (nSPS) is 12.4. The molecule has 0 fully saturated rings. The number of methoxy groups -OCH3 is 1. The molecule has 0 saturated heterocycles. The highest BCUT2D eigenvalue weighted by Crippen LogP contribution is 2.46. The van der Waals surface area contributed by atoms with Crippen LogP contribution in [0.15, 0.2) is 71.2 Å². The molecule has 0 N–H and O–H groups in total. The standard InChI is InChI=1S/C30H33BrN2O3Si/c1-34-27-18-25-23(17-28(27)36-19-21-8-6-5-7-9-21)16-26-29(22-10-12-24(31)13-11-22)32-33(30(25)26)20-35-14-15-37(2,3)4/h5-13,17-18H,14-16,19-20H2,1-4H3. The second-order valence-electron chi connectivity index (χ2n) is 10.6. The number of fused-ring (bicyclic) bond motifs is 3. The molecule has 1 aromatic heterocycles. The van der Waals surface area contributed by atoms with Crippen molar-refractivity contribution in [2.75, 3.05) is 13.7 Å². The first-order valence-electron chi connectivity index (χ1n) is 12.6. The van der Waals surface area contributed by atoms with E-state index in [-0.39, 0.29) is 0 Å². The molecule has 0 unspecified atom stereocenters. The van der Waals surface area contributed by atoms with Crippen molar-refractivity contribution in [3.63, 3.8) is 0 Å². The molecule has 4 aromatic rings. The highest BCUT2D eigenvalue weighted by Gasteiger charge is 2.30. The second kappa shape index (κ2) is 10.9. The van der Waals surface area contributed by atoms with Gasteiger partial charge >= 0.3 is 0 Å². The maximum Gasteiger partial charge on any atom is 0.161 e. The summed E-state index contributed by atoms with van der Waals surface area (Å²) in [5.74, 6) is 1.48. The zero-order chi connectivity index (χ0) is 26.0. The van der Waals surface area contributed by atoms with Gasteiger partial charge in [0.15, 0.2) is 11.5 Å². The summed E-state index contributed by atoms with van der Waals surface area (Å²) < 4.78 is 21.2. The average molecular weight is 578 g/mol. The molecular formula is C30H33BrN2O3Si. The highest BCUT2D eigenvalue weighted by atomic mass is 79.9. The van der Waals surface area contributed by atoms with Crippen LogP contribution in [0.5, 0.6) is 11.5 Å². The maximum absolute atomic E-state index is 6.21. The van der Waals surface area contributed by atoms with E-state index in [9.17, 15) is 0 Å². The van der Waals surface area contributed by atoms with Gasteiger partial charge in [0.25, 0.3) is 0 Å². The third-order valence-corrected chi connectivity index (χ3v) is 8.86. The molecule has 0 aliphatic heterocycles. The molecule has 192 valence electrons. The van der Waals surface area contributed by atoms with Crippen LogP contribution in [0, 0.1) is 0 Å². The number of nitrogens with zero attached hydrogens (tertiary/aromatic N) is 2. The van der Waals surface area contributed by atoms with Crippen LogP contribution in [0.3, 0.4) is 0 Å². The van der Waals surface area contributed by atoms with Gasteiger partial charge in [0.05, 0.1) is 18.5 Å². The molecule has 0 radical (unpaired) electrons. The van der Waals surface area contributed by atoms with E-state index in [1.54, 1.807) is 7.11 Å². The summed E-state index contributed by atoms with van der Waals surface area (Å²) in [6, 6.07) is 23.9. The summed E-state index contributed by atoms with van der Waals surface area (Å²) >= 11 is 3.55. The van der Waals surface area contributed by atoms with Gasteiger partial charge in [-0.3, -0.25) is 0 Å². The summed E-state index contributed by atoms with van der Waals surface area (Å²) in [6.45, 7) is 8.78. The molecule has 1 aliphatic rings. The Morgan fingerprint density at radius 1 is 0.973 bits per heavy atom. The molecular weight excluding hydrogens is 544 g/mol. The van der Waals surface area contributed by atoms with Gasteiger partial charge in [-0.2, -0.15) is 5.10 Å². The lowest BCUT2D eigenvalue weighted by molar-refractivity contribution is 0.0799. The summed E-state index contributed by atoms with van der Waals surface area (Å²) in [5.41, 5.74) is 7.88. The molecule has 0 atom stereocenters. The molecule has 0 bridgehead atoms. The van der Waals surface area contributed by atoms with Crippen molar-refractivity contribution in [1.82, 2.24) is 9.78 Å². The van der Waals surface area contributed by atoms with E-state index in [2.05, 4.69) is 84.1 Å². The molecule has 0 amide bonds. The van der Waals surface area contributed by atoms with Gasteiger partial charge in [0.2, 0.25) is 0 Å². The molecule has 0 spiro atoms. The number of hydrogen-bond acceptors (Lipinski definition) is 4. The van der Waals surface area contributed by atoms with Crippen molar-refractivity contribution in [2.24, 2.45) is 0 Å². The van der Waals surface area contributed by atoms with Crippen molar-refractivity contribution in [2.45, 2.75) is 45.4 Å². The van der Waals surface area contributed by atoms with Gasteiger partial charge in [-0.25, -0.2) is 4.68 Å². The Hall–Kier alpha value is -2.87. The van der Waals surface area contributed by atoms with E-state index >= 15 is 0 Å². The summed E-state index contributed by atoms with van der Waals surface area (Å²) in [4.78, 5) is 0. The fourth-order valence-corrected chi connectivity index (χ4v) is 5.62. The molecule has 7 heteroatoms. The summed E-state index contributed by atoms with van der Waals surface area (Å²) in [7, 11) is 0.524. The van der Waals surface area contributed by atoms with E-state index < -0.39 is 8.07 Å². The first-order chi connectivity index (χ1) is 17.8. The third-order valence-electron chi connectivity index (χ3n) is 6.63. The molecule has 1 heterocycles. The van der Waals surface area contributed by atoms with Crippen LogP contribution in [-0.2, 0) is 24.5 Å². The Balaban J connectivity index is 1.48. The van der Waals surface area contributed by atoms with Crippen molar-refractivity contribution in [1.29, 1.82) is 0 Å². The molecule has 5 rings (SSSR count). The predicted octanol–water partition coefficient (Wildman–Crippen LogP) is 7.78. The van der Waals surface area contributed by atoms with E-state index in [0.717, 1.165) is 63.1 Å². The monoisotopic (exact) mass is 576 g/mol. The van der Waals surface area contributed by atoms with Crippen LogP contribution in [0.2, 0.25) is 25.7 Å². The third kappa shape index (κ3) is 5.84. The Kier molecular flexibility index (Phi) is 7.56. The maximum atomic E-state index is 6.21. The zero-order valence-electron chi connectivity index (χ0n) is 21.9. The van der Waals surface area contributed by atoms with Gasteiger partial charge in [0, 0.05) is 42.3 Å². The first-order valence-corrected chi connectivity index (χ1v) is 17.1. The minimum Gasteiger partial charge on any atom is -0.493 e. The summed E-state index contributed by atoms with van der Waals surface area (Å²) in [6.07, 6.45) is 0.788. The number of benzene rings is 3. The van der Waals surface area contributed by atoms with Crippen molar-refractivity contribution < 1.29 is 14.2 Å². The van der Waals surface area contributed by atoms with Crippen LogP contribution in [0.25, 0.3) is 22.5 Å². The van der Waals surface area contributed by atoms with Gasteiger partial charge in [0.1, 0.15) is 13.3 Å². The van der Waals surface area contributed by atoms with Gasteiger partial charge in [-0.05, 0) is 41.4 Å². The number of ether oxygens (including phenoxy) is 3. The Morgan fingerprint density at radius 3 is 2.43 bits per heavy atom. The fraction of sp³-hybridized carbons (Fsp3) is 0.300. The smallest absolute Gasteiger partial charge is 0.161 e. The molecule has 0 saturated carbocycles. The van der Waals surface area contributed by atoms with E-state index in [0.29, 0.717) is 13.3 Å². The molecule has 1 aliphatic carbocycles. The first kappa shape index (κ1) is 25.8. The lowest BCUT2D eigenvalue weighted by atomic mass is 10.1. The Morgan fingerprint density at radius 2 is 1.73 bits per heavy atom. The Labute approximate surface area is 228 Å². The highest BCUT2D eigenvalue weighted by molar-refractivity contribution is 9.10. The minimum absolute atomic E-state index is 0.428. The lowest BCUT2D eigenvalue weighted by Crippen LogP contribution is -2.22. The van der Waals surface area contributed by atoms with E-state index in [1.807, 2.05) is 22.9 Å². The van der Waals surface area contributed by atoms with Crippen molar-refractivity contribution in [3.8, 4) is 34.0 Å². The minimum atomic E-state index is -1.17. The number of hydrogen-bond donors (Lipinski definition) is 0. The van der Waals surface area contributed by atoms with Crippen molar-refractivity contribution >= 4 is 24.0 Å². The van der Waals surface area contributed by atoms with Crippen molar-refractivity contribution in [3.05, 3.63) is 87.9 Å². The predicted molar refractivity (Wildman–Crippen MR) is 155 cm³/mol. The van der Waals surface area contributed by atoms with Crippen LogP contribution >= 0.6 is 15.9 Å². The quantitative estimate of drug-likeness (QED) is 0.126. The SMILES string of the molecule is COc1cc2c(cc1OCc1ccccc1)Cc1c(-c3ccc(Br)cc3)nn(COCC[Si](C)(C)C)c1-2. The molecule has 37 heavy (non-hydrogen) atoms. The largest absolute Gasteiger partial charge is 0.493 e. The van der Waals surface area contributed by atoms with Gasteiger partial charge in [-0.1, -0.05) is 78.0 Å². The average Bonchev–Trinajstić information content (AvgIpc) is 3.42. The van der Waals surface area contributed by atoms with Gasteiger partial charge in [-0.15, -0.1) is 0 Å². The van der Waals surface area contributed by atoms with Crippen LogP contribution in [0.1, 0.15) is 16.7 Å². The van der Waals surface area contributed by atoms with E-state index in [4.69, 9.17) is 19.3 Å². The topological polar surface area (TPSA) is 45.5 Å². The second-order valence-corrected chi connectivity index (χ2v) is 17.2.